The third kappa shape index (κ3) is 5.39. The van der Waals surface area contributed by atoms with Crippen molar-refractivity contribution in [1.82, 2.24) is 4.90 Å². The van der Waals surface area contributed by atoms with Gasteiger partial charge in [0, 0.05) is 19.9 Å². The molecule has 0 radical (unpaired) electrons. The Bertz CT molecular complexity index is 197. The van der Waals surface area contributed by atoms with Gasteiger partial charge in [-0.3, -0.25) is 4.79 Å². The normalized spacial score (nSPS) is 11.5. The van der Waals surface area contributed by atoms with Crippen molar-refractivity contribution in [2.45, 2.75) is 19.4 Å². The van der Waals surface area contributed by atoms with Gasteiger partial charge >= 0.3 is 0 Å². The molecule has 0 fully saturated rings. The van der Waals surface area contributed by atoms with Crippen molar-refractivity contribution in [1.29, 1.82) is 0 Å². The number of methoxy groups -OCH3 is 1. The van der Waals surface area contributed by atoms with E-state index >= 15 is 0 Å². The molecule has 0 aromatic heterocycles. The van der Waals surface area contributed by atoms with Crippen LogP contribution in [-0.2, 0) is 9.53 Å². The van der Waals surface area contributed by atoms with Crippen LogP contribution in [0.5, 0.6) is 0 Å². The molecule has 0 unspecified atom stereocenters. The molecule has 0 aromatic rings. The first-order valence-electron chi connectivity index (χ1n) is 4.90. The first-order chi connectivity index (χ1) is 6.95. The fourth-order valence-corrected chi connectivity index (χ4v) is 1.64. The average molecular weight is 235 g/mol. The fourth-order valence-electron chi connectivity index (χ4n) is 0.842. The van der Waals surface area contributed by atoms with Crippen molar-refractivity contribution >= 4 is 17.7 Å². The Balaban J connectivity index is 3.89. The summed E-state index contributed by atoms with van der Waals surface area (Å²) < 4.78 is 4.89. The van der Waals surface area contributed by atoms with E-state index in [1.165, 1.54) is 0 Å². The third-order valence-electron chi connectivity index (χ3n) is 2.33. The van der Waals surface area contributed by atoms with Gasteiger partial charge in [0.15, 0.2) is 0 Å². The van der Waals surface area contributed by atoms with Crippen molar-refractivity contribution in [3.63, 3.8) is 0 Å². The van der Waals surface area contributed by atoms with Crippen molar-refractivity contribution < 1.29 is 14.6 Å². The Kier molecular flexibility index (Phi) is 6.96. The highest BCUT2D eigenvalue weighted by atomic mass is 32.2. The van der Waals surface area contributed by atoms with Gasteiger partial charge in [0.1, 0.15) is 0 Å². The van der Waals surface area contributed by atoms with E-state index < -0.39 is 5.54 Å². The maximum atomic E-state index is 11.7. The topological polar surface area (TPSA) is 49.8 Å². The zero-order chi connectivity index (χ0) is 11.9. The van der Waals surface area contributed by atoms with E-state index in [9.17, 15) is 4.79 Å². The van der Waals surface area contributed by atoms with Crippen LogP contribution in [0, 0.1) is 0 Å². The lowest BCUT2D eigenvalue weighted by molar-refractivity contribution is -0.133. The first kappa shape index (κ1) is 14.7. The summed E-state index contributed by atoms with van der Waals surface area (Å²) in [6.45, 7) is 4.30. The summed E-state index contributed by atoms with van der Waals surface area (Å²) in [5.74, 6) is 1.29. The lowest BCUT2D eigenvalue weighted by Crippen LogP contribution is -2.48. The molecule has 1 amide bonds. The minimum Gasteiger partial charge on any atom is -0.394 e. The number of ether oxygens (including phenoxy) is 1. The molecule has 4 nitrogen and oxygen atoms in total. The number of carbonyl (C=O) groups is 1. The Labute approximate surface area is 96.0 Å². The van der Waals surface area contributed by atoms with Gasteiger partial charge in [-0.15, -0.1) is 11.8 Å². The van der Waals surface area contributed by atoms with E-state index in [2.05, 4.69) is 0 Å². The van der Waals surface area contributed by atoms with Crippen molar-refractivity contribution in [2.75, 3.05) is 38.9 Å². The summed E-state index contributed by atoms with van der Waals surface area (Å²) in [5.41, 5.74) is -0.487. The van der Waals surface area contributed by atoms with E-state index in [0.717, 1.165) is 5.75 Å². The number of hydrogen-bond acceptors (Lipinski definition) is 4. The Morgan fingerprint density at radius 1 is 1.53 bits per heavy atom. The molecule has 90 valence electrons. The van der Waals surface area contributed by atoms with E-state index in [-0.39, 0.29) is 12.5 Å². The standard InChI is InChI=1S/C10H21NO3S/c1-10(2,8-12)11(3)9(13)7-15-6-5-14-4/h12H,5-8H2,1-4H3. The quantitative estimate of drug-likeness (QED) is 0.656. The van der Waals surface area contributed by atoms with Gasteiger partial charge < -0.3 is 14.7 Å². The Hall–Kier alpha value is -0.260. The molecule has 0 saturated heterocycles. The van der Waals surface area contributed by atoms with Gasteiger partial charge in [0.2, 0.25) is 5.91 Å². The number of nitrogens with zero attached hydrogens (tertiary/aromatic N) is 1. The predicted octanol–water partition coefficient (Wildman–Crippen LogP) is 0.595. The van der Waals surface area contributed by atoms with Crippen LogP contribution in [-0.4, -0.2) is 60.3 Å². The number of hydrogen-bond donors (Lipinski definition) is 1. The zero-order valence-corrected chi connectivity index (χ0v) is 10.8. The summed E-state index contributed by atoms with van der Waals surface area (Å²) in [6.07, 6.45) is 0. The van der Waals surface area contributed by atoms with Gasteiger partial charge in [-0.1, -0.05) is 0 Å². The van der Waals surface area contributed by atoms with Crippen LogP contribution in [0.2, 0.25) is 0 Å². The monoisotopic (exact) mass is 235 g/mol. The first-order valence-corrected chi connectivity index (χ1v) is 6.05. The van der Waals surface area contributed by atoms with Gasteiger partial charge in [-0.25, -0.2) is 0 Å². The van der Waals surface area contributed by atoms with Gasteiger partial charge in [-0.2, -0.15) is 0 Å². The van der Waals surface area contributed by atoms with Crippen LogP contribution < -0.4 is 0 Å². The van der Waals surface area contributed by atoms with Gasteiger partial charge in [0.05, 0.1) is 24.5 Å². The highest BCUT2D eigenvalue weighted by Crippen LogP contribution is 2.13. The molecule has 0 aliphatic heterocycles. The van der Waals surface area contributed by atoms with Crippen molar-refractivity contribution in [3.8, 4) is 0 Å². The molecule has 15 heavy (non-hydrogen) atoms. The molecular weight excluding hydrogens is 214 g/mol. The molecule has 0 saturated carbocycles. The number of rotatable bonds is 7. The zero-order valence-electron chi connectivity index (χ0n) is 9.95. The number of aliphatic hydroxyl groups excluding tert-OH is 1. The molecule has 1 N–H and O–H groups in total. The largest absolute Gasteiger partial charge is 0.394 e. The Morgan fingerprint density at radius 3 is 2.60 bits per heavy atom. The summed E-state index contributed by atoms with van der Waals surface area (Å²) in [7, 11) is 3.36. The number of amides is 1. The highest BCUT2D eigenvalue weighted by Gasteiger charge is 2.26. The summed E-state index contributed by atoms with van der Waals surface area (Å²) in [6, 6.07) is 0. The Morgan fingerprint density at radius 2 is 2.13 bits per heavy atom. The molecular formula is C10H21NO3S. The van der Waals surface area contributed by atoms with Crippen LogP contribution in [0.3, 0.4) is 0 Å². The van der Waals surface area contributed by atoms with Crippen LogP contribution in [0.1, 0.15) is 13.8 Å². The van der Waals surface area contributed by atoms with Gasteiger partial charge in [0.25, 0.3) is 0 Å². The minimum atomic E-state index is -0.487. The molecule has 0 aliphatic rings. The second-order valence-corrected chi connectivity index (χ2v) is 5.07. The summed E-state index contributed by atoms with van der Waals surface area (Å²) in [5, 5.41) is 9.10. The average Bonchev–Trinajstić information content (AvgIpc) is 2.23. The molecule has 5 heteroatoms. The molecule has 0 aliphatic carbocycles. The van der Waals surface area contributed by atoms with Crippen molar-refractivity contribution in [2.24, 2.45) is 0 Å². The smallest absolute Gasteiger partial charge is 0.232 e. The fraction of sp³-hybridized carbons (Fsp3) is 0.900. The van der Waals surface area contributed by atoms with Gasteiger partial charge in [-0.05, 0) is 13.8 Å². The third-order valence-corrected chi connectivity index (χ3v) is 3.23. The second-order valence-electron chi connectivity index (χ2n) is 3.97. The molecule has 0 aromatic carbocycles. The summed E-state index contributed by atoms with van der Waals surface area (Å²) in [4.78, 5) is 13.3. The molecule has 0 rings (SSSR count). The summed E-state index contributed by atoms with van der Waals surface area (Å²) >= 11 is 1.54. The number of carbonyl (C=O) groups excluding carboxylic acids is 1. The number of likely N-dealkylation sites (N-methyl/N-ethyl adjacent to an activating group) is 1. The maximum Gasteiger partial charge on any atom is 0.232 e. The van der Waals surface area contributed by atoms with E-state index in [0.29, 0.717) is 12.4 Å². The van der Waals surface area contributed by atoms with E-state index in [4.69, 9.17) is 9.84 Å². The van der Waals surface area contributed by atoms with Crippen molar-refractivity contribution in [3.05, 3.63) is 0 Å². The second kappa shape index (κ2) is 7.09. The number of thioether (sulfide) groups is 1. The lowest BCUT2D eigenvalue weighted by atomic mass is 10.1. The molecule has 0 bridgehead atoms. The predicted molar refractivity (Wildman–Crippen MR) is 63.1 cm³/mol. The van der Waals surface area contributed by atoms with E-state index in [1.54, 1.807) is 30.8 Å². The SMILES string of the molecule is COCCSCC(=O)N(C)C(C)(C)CO. The number of aliphatic hydroxyl groups is 1. The van der Waals surface area contributed by atoms with Crippen LogP contribution in [0.15, 0.2) is 0 Å². The maximum absolute atomic E-state index is 11.7. The molecule has 0 heterocycles. The van der Waals surface area contributed by atoms with E-state index in [1.807, 2.05) is 13.8 Å². The lowest BCUT2D eigenvalue weighted by Gasteiger charge is -2.33. The molecule has 0 atom stereocenters. The van der Waals surface area contributed by atoms with Crippen LogP contribution in [0.25, 0.3) is 0 Å². The molecule has 0 spiro atoms. The highest BCUT2D eigenvalue weighted by molar-refractivity contribution is 7.99. The van der Waals surface area contributed by atoms with Crippen LogP contribution >= 0.6 is 11.8 Å². The minimum absolute atomic E-state index is 0.0298. The van der Waals surface area contributed by atoms with Crippen LogP contribution in [0.4, 0.5) is 0 Å².